The number of amides is 1. The Morgan fingerprint density at radius 2 is 2.15 bits per heavy atom. The van der Waals surface area contributed by atoms with Gasteiger partial charge in [-0.05, 0) is 24.5 Å². The average molecular weight is 271 g/mol. The molecule has 0 unspecified atom stereocenters. The molecular weight excluding hydrogens is 254 g/mol. The third-order valence-corrected chi connectivity index (χ3v) is 3.71. The number of likely N-dealkylation sites (tertiary alicyclic amines) is 1. The molecule has 2 aromatic heterocycles. The summed E-state index contributed by atoms with van der Waals surface area (Å²) in [5, 5.41) is 7.87. The number of carbonyl (C=O) groups is 1. The largest absolute Gasteiger partial charge is 0.342 e. The van der Waals surface area contributed by atoms with Crippen LogP contribution in [0.3, 0.4) is 0 Å². The second-order valence-electron chi connectivity index (χ2n) is 5.03. The quantitative estimate of drug-likeness (QED) is 0.838. The molecule has 104 valence electrons. The zero-order valence-electron chi connectivity index (χ0n) is 11.2. The van der Waals surface area contributed by atoms with Crippen molar-refractivity contribution in [3.05, 3.63) is 42.5 Å². The van der Waals surface area contributed by atoms with E-state index in [0.29, 0.717) is 12.5 Å². The summed E-state index contributed by atoms with van der Waals surface area (Å²) in [6.45, 7) is 1.56. The molecule has 0 bridgehead atoms. The third-order valence-electron chi connectivity index (χ3n) is 3.71. The minimum atomic E-state index is 0.176. The van der Waals surface area contributed by atoms with Gasteiger partial charge in [0.1, 0.15) is 0 Å². The zero-order valence-corrected chi connectivity index (χ0v) is 11.2. The molecule has 2 aromatic rings. The lowest BCUT2D eigenvalue weighted by Gasteiger charge is -2.31. The summed E-state index contributed by atoms with van der Waals surface area (Å²) < 4.78 is 1.89. The number of aromatic nitrogens is 4. The Kier molecular flexibility index (Phi) is 3.71. The molecule has 0 spiro atoms. The molecule has 0 saturated carbocycles. The number of nitrogens with zero attached hydrogens (tertiary/aromatic N) is 5. The second-order valence-corrected chi connectivity index (χ2v) is 5.03. The summed E-state index contributed by atoms with van der Waals surface area (Å²) in [5.74, 6) is 0.176. The molecule has 1 saturated heterocycles. The van der Waals surface area contributed by atoms with E-state index in [-0.39, 0.29) is 5.91 Å². The van der Waals surface area contributed by atoms with Crippen LogP contribution >= 0.6 is 0 Å². The number of carbonyl (C=O) groups excluding carboxylic acids is 1. The Bertz CT molecular complexity index is 546. The molecule has 0 atom stereocenters. The summed E-state index contributed by atoms with van der Waals surface area (Å²) in [6, 6.07) is 4.16. The Hall–Kier alpha value is -2.24. The lowest BCUT2D eigenvalue weighted by atomic mass is 10.0. The van der Waals surface area contributed by atoms with E-state index in [1.807, 2.05) is 27.9 Å². The van der Waals surface area contributed by atoms with Crippen LogP contribution in [0.25, 0.3) is 0 Å². The van der Waals surface area contributed by atoms with Gasteiger partial charge in [-0.2, -0.15) is 0 Å². The van der Waals surface area contributed by atoms with Crippen LogP contribution in [0.4, 0.5) is 0 Å². The van der Waals surface area contributed by atoms with Crippen LogP contribution in [-0.4, -0.2) is 43.9 Å². The van der Waals surface area contributed by atoms with Crippen molar-refractivity contribution in [1.82, 2.24) is 24.9 Å². The Labute approximate surface area is 117 Å². The molecular formula is C14H17N5O. The number of hydrogen-bond acceptors (Lipinski definition) is 4. The van der Waals surface area contributed by atoms with Crippen LogP contribution in [0.2, 0.25) is 0 Å². The average Bonchev–Trinajstić information content (AvgIpc) is 3.03. The molecule has 3 rings (SSSR count). The van der Waals surface area contributed by atoms with Crippen molar-refractivity contribution < 1.29 is 4.79 Å². The van der Waals surface area contributed by atoms with Crippen LogP contribution < -0.4 is 0 Å². The zero-order chi connectivity index (χ0) is 13.8. The molecule has 0 aliphatic carbocycles. The first-order chi connectivity index (χ1) is 9.83. The van der Waals surface area contributed by atoms with Gasteiger partial charge in [0.25, 0.3) is 0 Å². The maximum absolute atomic E-state index is 12.2. The summed E-state index contributed by atoms with van der Waals surface area (Å²) in [6.07, 6.45) is 9.35. The molecule has 6 nitrogen and oxygen atoms in total. The van der Waals surface area contributed by atoms with E-state index in [1.54, 1.807) is 18.6 Å². The van der Waals surface area contributed by atoms with Gasteiger partial charge in [0.15, 0.2) is 0 Å². The van der Waals surface area contributed by atoms with Crippen molar-refractivity contribution >= 4 is 5.91 Å². The highest BCUT2D eigenvalue weighted by atomic mass is 16.2. The van der Waals surface area contributed by atoms with Crippen molar-refractivity contribution in [3.63, 3.8) is 0 Å². The first-order valence-electron chi connectivity index (χ1n) is 6.85. The van der Waals surface area contributed by atoms with Crippen molar-refractivity contribution in [2.24, 2.45) is 0 Å². The fourth-order valence-electron chi connectivity index (χ4n) is 2.58. The maximum atomic E-state index is 12.2. The van der Waals surface area contributed by atoms with Gasteiger partial charge in [-0.1, -0.05) is 11.3 Å². The topological polar surface area (TPSA) is 63.9 Å². The van der Waals surface area contributed by atoms with Crippen molar-refractivity contribution in [3.8, 4) is 0 Å². The van der Waals surface area contributed by atoms with Gasteiger partial charge in [0.2, 0.25) is 5.91 Å². The summed E-state index contributed by atoms with van der Waals surface area (Å²) in [4.78, 5) is 18.2. The highest BCUT2D eigenvalue weighted by molar-refractivity contribution is 5.78. The number of hydrogen-bond donors (Lipinski definition) is 0. The molecule has 0 N–H and O–H groups in total. The monoisotopic (exact) mass is 271 g/mol. The molecule has 1 aliphatic rings. The van der Waals surface area contributed by atoms with Crippen molar-refractivity contribution in [1.29, 1.82) is 0 Å². The third kappa shape index (κ3) is 2.84. The van der Waals surface area contributed by atoms with E-state index in [2.05, 4.69) is 15.3 Å². The molecule has 0 aromatic carbocycles. The smallest absolute Gasteiger partial charge is 0.227 e. The Balaban J connectivity index is 1.54. The molecule has 1 aliphatic heterocycles. The summed E-state index contributed by atoms with van der Waals surface area (Å²) in [5.41, 5.74) is 0.968. The van der Waals surface area contributed by atoms with Crippen LogP contribution in [0, 0.1) is 0 Å². The molecule has 1 amide bonds. The fraction of sp³-hybridized carbons (Fsp3) is 0.429. The van der Waals surface area contributed by atoms with E-state index in [9.17, 15) is 4.79 Å². The normalized spacial score (nSPS) is 16.3. The van der Waals surface area contributed by atoms with Gasteiger partial charge >= 0.3 is 0 Å². The molecule has 0 radical (unpaired) electrons. The van der Waals surface area contributed by atoms with Gasteiger partial charge in [-0.15, -0.1) is 5.10 Å². The summed E-state index contributed by atoms with van der Waals surface area (Å²) in [7, 11) is 0. The lowest BCUT2D eigenvalue weighted by molar-refractivity contribution is -0.131. The molecule has 1 fully saturated rings. The Morgan fingerprint density at radius 1 is 1.30 bits per heavy atom. The van der Waals surface area contributed by atoms with Gasteiger partial charge < -0.3 is 4.90 Å². The van der Waals surface area contributed by atoms with Gasteiger partial charge in [-0.25, -0.2) is 4.68 Å². The summed E-state index contributed by atoms with van der Waals surface area (Å²) >= 11 is 0. The highest BCUT2D eigenvalue weighted by Gasteiger charge is 2.24. The van der Waals surface area contributed by atoms with Gasteiger partial charge in [0.05, 0.1) is 18.7 Å². The van der Waals surface area contributed by atoms with Crippen LogP contribution in [0.1, 0.15) is 24.4 Å². The van der Waals surface area contributed by atoms with Crippen molar-refractivity contribution in [2.45, 2.75) is 25.3 Å². The van der Waals surface area contributed by atoms with Crippen LogP contribution in [0.5, 0.6) is 0 Å². The SMILES string of the molecule is O=C(Cc1cccnc1)N1CCC(n2ccnn2)CC1. The number of rotatable bonds is 3. The second kappa shape index (κ2) is 5.81. The first kappa shape index (κ1) is 12.8. The van der Waals surface area contributed by atoms with Gasteiger partial charge in [-0.3, -0.25) is 9.78 Å². The maximum Gasteiger partial charge on any atom is 0.227 e. The van der Waals surface area contributed by atoms with E-state index in [4.69, 9.17) is 0 Å². The molecule has 3 heterocycles. The standard InChI is InChI=1S/C14H17N5O/c20-14(10-12-2-1-5-15-11-12)18-7-3-13(4-8-18)19-9-6-16-17-19/h1-2,5-6,9,11,13H,3-4,7-8,10H2. The minimum absolute atomic E-state index is 0.176. The highest BCUT2D eigenvalue weighted by Crippen LogP contribution is 2.21. The predicted octanol–water partition coefficient (Wildman–Crippen LogP) is 1.08. The number of piperidine rings is 1. The van der Waals surface area contributed by atoms with E-state index in [0.717, 1.165) is 31.5 Å². The Morgan fingerprint density at radius 3 is 2.80 bits per heavy atom. The van der Waals surface area contributed by atoms with E-state index in [1.165, 1.54) is 0 Å². The fourth-order valence-corrected chi connectivity index (χ4v) is 2.58. The van der Waals surface area contributed by atoms with Crippen molar-refractivity contribution in [2.75, 3.05) is 13.1 Å². The van der Waals surface area contributed by atoms with E-state index < -0.39 is 0 Å². The first-order valence-corrected chi connectivity index (χ1v) is 6.85. The predicted molar refractivity (Wildman–Crippen MR) is 72.8 cm³/mol. The number of pyridine rings is 1. The van der Waals surface area contributed by atoms with E-state index >= 15 is 0 Å². The van der Waals surface area contributed by atoms with Gasteiger partial charge in [0, 0.05) is 31.7 Å². The molecule has 20 heavy (non-hydrogen) atoms. The lowest BCUT2D eigenvalue weighted by Crippen LogP contribution is -2.40. The minimum Gasteiger partial charge on any atom is -0.342 e. The van der Waals surface area contributed by atoms with Crippen LogP contribution in [0.15, 0.2) is 36.9 Å². The van der Waals surface area contributed by atoms with Crippen LogP contribution in [-0.2, 0) is 11.2 Å². The molecule has 6 heteroatoms.